The number of carbonyl (C=O) groups excluding carboxylic acids is 1. The fourth-order valence-corrected chi connectivity index (χ4v) is 6.40. The van der Waals surface area contributed by atoms with Crippen LogP contribution in [0.15, 0.2) is 40.6 Å². The largest absolute Gasteiger partial charge is 0.494 e. The third kappa shape index (κ3) is 5.58. The first-order chi connectivity index (χ1) is 13.9. The quantitative estimate of drug-likeness (QED) is 0.684. The highest BCUT2D eigenvalue weighted by atomic mass is 32.2. The van der Waals surface area contributed by atoms with E-state index in [1.165, 1.54) is 11.3 Å². The monoisotopic (exact) mass is 436 g/mol. The molecule has 6 nitrogen and oxygen atoms in total. The zero-order chi connectivity index (χ0) is 20.9. The van der Waals surface area contributed by atoms with Crippen LogP contribution in [0.3, 0.4) is 0 Å². The summed E-state index contributed by atoms with van der Waals surface area (Å²) in [7, 11) is -3.44. The molecule has 1 aliphatic rings. The van der Waals surface area contributed by atoms with Gasteiger partial charge in [-0.3, -0.25) is 4.79 Å². The van der Waals surface area contributed by atoms with Gasteiger partial charge in [0.1, 0.15) is 9.96 Å². The standard InChI is InChI=1S/C21H28N2O4S2/c1-3-27-18-9-7-17(8-10-18)16(2)22-20(24)15-19-11-12-21(28-19)29(25,26)23-13-5-4-6-14-23/h7-12,16H,3-6,13-15H2,1-2H3,(H,22,24). The molecule has 2 heterocycles. The lowest BCUT2D eigenvalue weighted by Crippen LogP contribution is -2.35. The van der Waals surface area contributed by atoms with Crippen molar-refractivity contribution in [2.45, 2.75) is 49.8 Å². The molecule has 1 amide bonds. The first-order valence-corrected chi connectivity index (χ1v) is 12.3. The van der Waals surface area contributed by atoms with E-state index in [0.29, 0.717) is 23.9 Å². The van der Waals surface area contributed by atoms with Crippen LogP contribution in [0, 0.1) is 0 Å². The van der Waals surface area contributed by atoms with Crippen molar-refractivity contribution in [2.24, 2.45) is 0 Å². The molecule has 0 bridgehead atoms. The summed E-state index contributed by atoms with van der Waals surface area (Å²) in [4.78, 5) is 13.2. The molecule has 8 heteroatoms. The van der Waals surface area contributed by atoms with Gasteiger partial charge in [-0.1, -0.05) is 18.6 Å². The fraction of sp³-hybridized carbons (Fsp3) is 0.476. The minimum absolute atomic E-state index is 0.129. The van der Waals surface area contributed by atoms with Gasteiger partial charge in [0.2, 0.25) is 5.91 Å². The topological polar surface area (TPSA) is 75.7 Å². The number of hydrogen-bond acceptors (Lipinski definition) is 5. The number of nitrogens with zero attached hydrogens (tertiary/aromatic N) is 1. The SMILES string of the molecule is CCOc1ccc(C(C)NC(=O)Cc2ccc(S(=O)(=O)N3CCCCC3)s2)cc1. The summed E-state index contributed by atoms with van der Waals surface area (Å²) >= 11 is 1.19. The van der Waals surface area contributed by atoms with Gasteiger partial charge in [-0.15, -0.1) is 11.3 Å². The van der Waals surface area contributed by atoms with Crippen LogP contribution in [-0.2, 0) is 21.2 Å². The van der Waals surface area contributed by atoms with E-state index >= 15 is 0 Å². The van der Waals surface area contributed by atoms with Crippen LogP contribution in [0.1, 0.15) is 49.6 Å². The van der Waals surface area contributed by atoms with Crippen LogP contribution in [0.4, 0.5) is 0 Å². The zero-order valence-electron chi connectivity index (χ0n) is 16.9. The van der Waals surface area contributed by atoms with Crippen molar-refractivity contribution >= 4 is 27.3 Å². The Kier molecular flexibility index (Phi) is 7.32. The van der Waals surface area contributed by atoms with Crippen LogP contribution in [-0.4, -0.2) is 38.3 Å². The molecule has 1 unspecified atom stereocenters. The van der Waals surface area contributed by atoms with Crippen LogP contribution < -0.4 is 10.1 Å². The van der Waals surface area contributed by atoms with Crippen LogP contribution >= 0.6 is 11.3 Å². The van der Waals surface area contributed by atoms with Gasteiger partial charge in [-0.25, -0.2) is 8.42 Å². The first-order valence-electron chi connectivity index (χ1n) is 10.0. The number of amides is 1. The van der Waals surface area contributed by atoms with E-state index in [4.69, 9.17) is 4.74 Å². The van der Waals surface area contributed by atoms with Crippen molar-refractivity contribution in [1.82, 2.24) is 9.62 Å². The van der Waals surface area contributed by atoms with Gasteiger partial charge in [0, 0.05) is 18.0 Å². The van der Waals surface area contributed by atoms with Crippen molar-refractivity contribution in [3.8, 4) is 5.75 Å². The third-order valence-corrected chi connectivity index (χ3v) is 8.40. The number of thiophene rings is 1. The van der Waals surface area contributed by atoms with Gasteiger partial charge >= 0.3 is 0 Å². The van der Waals surface area contributed by atoms with Gasteiger partial charge in [0.25, 0.3) is 10.0 Å². The number of nitrogens with one attached hydrogen (secondary N) is 1. The lowest BCUT2D eigenvalue weighted by Gasteiger charge is -2.25. The summed E-state index contributed by atoms with van der Waals surface area (Å²) in [5, 5.41) is 2.97. The molecule has 0 aliphatic carbocycles. The molecule has 1 saturated heterocycles. The van der Waals surface area contributed by atoms with E-state index in [2.05, 4.69) is 5.32 Å². The molecule has 1 fully saturated rings. The third-order valence-electron chi connectivity index (χ3n) is 4.95. The molecule has 3 rings (SSSR count). The Balaban J connectivity index is 1.58. The number of sulfonamides is 1. The number of piperidine rings is 1. The minimum Gasteiger partial charge on any atom is -0.494 e. The molecule has 29 heavy (non-hydrogen) atoms. The summed E-state index contributed by atoms with van der Waals surface area (Å²) in [5.74, 6) is 0.672. The predicted molar refractivity (Wildman–Crippen MR) is 115 cm³/mol. The van der Waals surface area contributed by atoms with Gasteiger partial charge in [-0.05, 0) is 56.5 Å². The minimum atomic E-state index is -3.44. The van der Waals surface area contributed by atoms with E-state index in [-0.39, 0.29) is 18.4 Å². The van der Waals surface area contributed by atoms with E-state index in [9.17, 15) is 13.2 Å². The molecule has 2 aromatic rings. The maximum absolute atomic E-state index is 12.7. The first kappa shape index (κ1) is 21.8. The molecule has 1 aliphatic heterocycles. The molecule has 0 saturated carbocycles. The Labute approximate surface area is 176 Å². The lowest BCUT2D eigenvalue weighted by atomic mass is 10.1. The van der Waals surface area contributed by atoms with Crippen molar-refractivity contribution in [3.05, 3.63) is 46.8 Å². The van der Waals surface area contributed by atoms with Gasteiger partial charge in [0.15, 0.2) is 0 Å². The lowest BCUT2D eigenvalue weighted by molar-refractivity contribution is -0.121. The maximum Gasteiger partial charge on any atom is 0.252 e. The predicted octanol–water partition coefficient (Wildman–Crippen LogP) is 3.74. The van der Waals surface area contributed by atoms with Crippen molar-refractivity contribution in [3.63, 3.8) is 0 Å². The van der Waals surface area contributed by atoms with Crippen LogP contribution in [0.25, 0.3) is 0 Å². The molecule has 1 aromatic carbocycles. The number of ether oxygens (including phenoxy) is 1. The fourth-order valence-electron chi connectivity index (χ4n) is 3.38. The van der Waals surface area contributed by atoms with E-state index in [1.807, 2.05) is 38.1 Å². The van der Waals surface area contributed by atoms with Crippen molar-refractivity contribution in [2.75, 3.05) is 19.7 Å². The second kappa shape index (κ2) is 9.73. The van der Waals surface area contributed by atoms with E-state index < -0.39 is 10.0 Å². The Morgan fingerprint density at radius 3 is 2.48 bits per heavy atom. The highest BCUT2D eigenvalue weighted by Gasteiger charge is 2.27. The number of hydrogen-bond donors (Lipinski definition) is 1. The second-order valence-corrected chi connectivity index (χ2v) is 10.5. The van der Waals surface area contributed by atoms with Crippen molar-refractivity contribution in [1.29, 1.82) is 0 Å². The zero-order valence-corrected chi connectivity index (χ0v) is 18.5. The molecular formula is C21H28N2O4S2. The molecule has 0 spiro atoms. The van der Waals surface area contributed by atoms with Crippen LogP contribution in [0.2, 0.25) is 0 Å². The highest BCUT2D eigenvalue weighted by Crippen LogP contribution is 2.27. The summed E-state index contributed by atoms with van der Waals surface area (Å²) in [6.45, 7) is 5.63. The summed E-state index contributed by atoms with van der Waals surface area (Å²) < 4.78 is 32.8. The molecule has 0 radical (unpaired) electrons. The Bertz CT molecular complexity index is 916. The second-order valence-electron chi connectivity index (χ2n) is 7.15. The average molecular weight is 437 g/mol. The molecule has 1 N–H and O–H groups in total. The van der Waals surface area contributed by atoms with Gasteiger partial charge in [-0.2, -0.15) is 4.31 Å². The number of benzene rings is 1. The maximum atomic E-state index is 12.7. The summed E-state index contributed by atoms with van der Waals surface area (Å²) in [6, 6.07) is 10.9. The molecule has 158 valence electrons. The average Bonchev–Trinajstić information content (AvgIpc) is 3.18. The molecule has 1 atom stereocenters. The molecule has 1 aromatic heterocycles. The molecular weight excluding hydrogens is 408 g/mol. The van der Waals surface area contributed by atoms with E-state index in [0.717, 1.165) is 35.5 Å². The van der Waals surface area contributed by atoms with Gasteiger partial charge in [0.05, 0.1) is 19.1 Å². The van der Waals surface area contributed by atoms with E-state index in [1.54, 1.807) is 16.4 Å². The number of carbonyl (C=O) groups is 1. The Hall–Kier alpha value is -1.90. The van der Waals surface area contributed by atoms with Gasteiger partial charge < -0.3 is 10.1 Å². The van der Waals surface area contributed by atoms with Crippen LogP contribution in [0.5, 0.6) is 5.75 Å². The number of rotatable bonds is 8. The normalized spacial score (nSPS) is 16.3. The Morgan fingerprint density at radius 1 is 1.14 bits per heavy atom. The summed E-state index contributed by atoms with van der Waals surface area (Å²) in [6.07, 6.45) is 3.06. The van der Waals surface area contributed by atoms with Crippen molar-refractivity contribution < 1.29 is 17.9 Å². The Morgan fingerprint density at radius 2 is 1.83 bits per heavy atom. The smallest absolute Gasteiger partial charge is 0.252 e. The summed E-state index contributed by atoms with van der Waals surface area (Å²) in [5.41, 5.74) is 0.987. The highest BCUT2D eigenvalue weighted by molar-refractivity contribution is 7.91.